The van der Waals surface area contributed by atoms with Gasteiger partial charge in [0, 0.05) is 6.54 Å². The highest BCUT2D eigenvalue weighted by Crippen LogP contribution is 2.13. The van der Waals surface area contributed by atoms with Gasteiger partial charge in [-0.3, -0.25) is 4.79 Å². The van der Waals surface area contributed by atoms with Gasteiger partial charge >= 0.3 is 5.97 Å². The predicted octanol–water partition coefficient (Wildman–Crippen LogP) is 2.70. The van der Waals surface area contributed by atoms with Crippen molar-refractivity contribution < 1.29 is 19.1 Å². The molecule has 0 bridgehead atoms. The lowest BCUT2D eigenvalue weighted by Gasteiger charge is -2.16. The van der Waals surface area contributed by atoms with E-state index in [1.54, 1.807) is 12.1 Å². The summed E-state index contributed by atoms with van der Waals surface area (Å²) in [5.41, 5.74) is 0.982. The first kappa shape index (κ1) is 17.5. The van der Waals surface area contributed by atoms with Crippen LogP contribution < -0.4 is 10.1 Å². The zero-order valence-electron chi connectivity index (χ0n) is 13.6. The summed E-state index contributed by atoms with van der Waals surface area (Å²) >= 11 is 0. The molecule has 24 heavy (non-hydrogen) atoms. The largest absolute Gasteiger partial charge is 0.479 e. The smallest absolute Gasteiger partial charge is 0.347 e. The van der Waals surface area contributed by atoms with E-state index < -0.39 is 12.1 Å². The van der Waals surface area contributed by atoms with E-state index >= 15 is 0 Å². The summed E-state index contributed by atoms with van der Waals surface area (Å²) in [6.45, 7) is 1.90. The molecule has 0 radical (unpaired) electrons. The van der Waals surface area contributed by atoms with E-state index in [1.807, 2.05) is 55.5 Å². The average molecular weight is 327 g/mol. The number of ether oxygens (including phenoxy) is 2. The molecule has 0 heterocycles. The van der Waals surface area contributed by atoms with E-state index in [2.05, 4.69) is 5.32 Å². The zero-order valence-corrected chi connectivity index (χ0v) is 13.6. The third kappa shape index (κ3) is 5.76. The van der Waals surface area contributed by atoms with Gasteiger partial charge in [-0.05, 0) is 24.1 Å². The molecule has 1 N–H and O–H groups in total. The summed E-state index contributed by atoms with van der Waals surface area (Å²) in [4.78, 5) is 23.8. The van der Waals surface area contributed by atoms with Crippen LogP contribution in [0.1, 0.15) is 18.9 Å². The molecule has 0 saturated heterocycles. The second kappa shape index (κ2) is 9.35. The zero-order chi connectivity index (χ0) is 17.2. The van der Waals surface area contributed by atoms with Crippen LogP contribution in [-0.4, -0.2) is 24.6 Å². The first-order valence-electron chi connectivity index (χ1n) is 7.88. The van der Waals surface area contributed by atoms with Crippen molar-refractivity contribution in [2.45, 2.75) is 26.0 Å². The first-order valence-corrected chi connectivity index (χ1v) is 7.88. The average Bonchev–Trinajstić information content (AvgIpc) is 2.64. The van der Waals surface area contributed by atoms with Gasteiger partial charge in [-0.25, -0.2) is 4.79 Å². The summed E-state index contributed by atoms with van der Waals surface area (Å²) in [5.74, 6) is -0.298. The topological polar surface area (TPSA) is 64.6 Å². The van der Waals surface area contributed by atoms with Crippen molar-refractivity contribution in [3.05, 3.63) is 66.2 Å². The van der Waals surface area contributed by atoms with E-state index in [4.69, 9.17) is 9.47 Å². The summed E-state index contributed by atoms with van der Waals surface area (Å²) in [6, 6.07) is 18.6. The number of carbonyl (C=O) groups is 2. The van der Waals surface area contributed by atoms with Crippen molar-refractivity contribution in [3.63, 3.8) is 0 Å². The summed E-state index contributed by atoms with van der Waals surface area (Å²) in [5, 5.41) is 2.70. The molecule has 2 aromatic carbocycles. The Bertz CT molecular complexity index is 643. The standard InChI is InChI=1S/C19H21NO4/c1-2-17(24-16-11-7-4-8-12-16)19(22)23-14-18(21)20-13-15-9-5-3-6-10-15/h3-12,17H,2,13-14H2,1H3,(H,20,21)/t17-/m1/s1. The van der Waals surface area contributed by atoms with Crippen LogP contribution >= 0.6 is 0 Å². The molecule has 0 aliphatic carbocycles. The molecular weight excluding hydrogens is 306 g/mol. The van der Waals surface area contributed by atoms with Gasteiger partial charge in [0.05, 0.1) is 0 Å². The lowest BCUT2D eigenvalue weighted by molar-refractivity contribution is -0.155. The van der Waals surface area contributed by atoms with Crippen LogP contribution in [0.2, 0.25) is 0 Å². The fourth-order valence-electron chi connectivity index (χ4n) is 2.04. The summed E-state index contributed by atoms with van der Waals surface area (Å²) < 4.78 is 10.6. The molecule has 0 aliphatic heterocycles. The van der Waals surface area contributed by atoms with Crippen molar-refractivity contribution in [1.82, 2.24) is 5.32 Å². The maximum Gasteiger partial charge on any atom is 0.347 e. The van der Waals surface area contributed by atoms with Gasteiger partial charge in [0.1, 0.15) is 5.75 Å². The summed E-state index contributed by atoms with van der Waals surface area (Å²) in [7, 11) is 0. The normalized spacial score (nSPS) is 11.4. The molecule has 2 rings (SSSR count). The van der Waals surface area contributed by atoms with Crippen LogP contribution in [0.15, 0.2) is 60.7 Å². The second-order valence-electron chi connectivity index (χ2n) is 5.20. The van der Waals surface area contributed by atoms with Gasteiger partial charge in [-0.1, -0.05) is 55.5 Å². The molecule has 0 saturated carbocycles. The quantitative estimate of drug-likeness (QED) is 0.757. The Kier molecular flexibility index (Phi) is 6.83. The highest BCUT2D eigenvalue weighted by Gasteiger charge is 2.21. The van der Waals surface area contributed by atoms with Gasteiger partial charge in [0.15, 0.2) is 12.7 Å². The SMILES string of the molecule is CC[C@@H](Oc1ccccc1)C(=O)OCC(=O)NCc1ccccc1. The molecular formula is C19H21NO4. The predicted molar refractivity (Wildman–Crippen MR) is 90.4 cm³/mol. The number of hydrogen-bond donors (Lipinski definition) is 1. The number of nitrogens with one attached hydrogen (secondary N) is 1. The fraction of sp³-hybridized carbons (Fsp3) is 0.263. The maximum absolute atomic E-state index is 12.0. The number of hydrogen-bond acceptors (Lipinski definition) is 4. The molecule has 5 heteroatoms. The number of carbonyl (C=O) groups excluding carboxylic acids is 2. The Balaban J connectivity index is 1.75. The molecule has 126 valence electrons. The number of rotatable bonds is 8. The van der Waals surface area contributed by atoms with Gasteiger partial charge in [0.25, 0.3) is 5.91 Å². The Morgan fingerprint density at radius 3 is 2.25 bits per heavy atom. The number of amides is 1. The lowest BCUT2D eigenvalue weighted by Crippen LogP contribution is -2.33. The van der Waals surface area contributed by atoms with Crippen molar-refractivity contribution in [1.29, 1.82) is 0 Å². The molecule has 0 unspecified atom stereocenters. The highest BCUT2D eigenvalue weighted by molar-refractivity contribution is 5.82. The van der Waals surface area contributed by atoms with Crippen molar-refractivity contribution in [3.8, 4) is 5.75 Å². The Morgan fingerprint density at radius 1 is 1.00 bits per heavy atom. The molecule has 1 amide bonds. The lowest BCUT2D eigenvalue weighted by atomic mass is 10.2. The molecule has 5 nitrogen and oxygen atoms in total. The van der Waals surface area contributed by atoms with Crippen molar-refractivity contribution in [2.24, 2.45) is 0 Å². The van der Waals surface area contributed by atoms with Crippen LogP contribution in [0, 0.1) is 0 Å². The number of benzene rings is 2. The van der Waals surface area contributed by atoms with Crippen LogP contribution in [0.4, 0.5) is 0 Å². The van der Waals surface area contributed by atoms with E-state index in [-0.39, 0.29) is 12.5 Å². The molecule has 0 aromatic heterocycles. The van der Waals surface area contributed by atoms with Gasteiger partial charge < -0.3 is 14.8 Å². The van der Waals surface area contributed by atoms with E-state index in [1.165, 1.54) is 0 Å². The van der Waals surface area contributed by atoms with Crippen molar-refractivity contribution >= 4 is 11.9 Å². The first-order chi connectivity index (χ1) is 11.7. The van der Waals surface area contributed by atoms with Gasteiger partial charge in [0.2, 0.25) is 0 Å². The van der Waals surface area contributed by atoms with Crippen LogP contribution in [-0.2, 0) is 20.9 Å². The second-order valence-corrected chi connectivity index (χ2v) is 5.20. The number of para-hydroxylation sites is 1. The third-order valence-corrected chi connectivity index (χ3v) is 3.33. The Labute approximate surface area is 141 Å². The van der Waals surface area contributed by atoms with Crippen LogP contribution in [0.3, 0.4) is 0 Å². The van der Waals surface area contributed by atoms with Crippen LogP contribution in [0.5, 0.6) is 5.75 Å². The molecule has 0 aliphatic rings. The molecule has 0 spiro atoms. The van der Waals surface area contributed by atoms with E-state index in [0.29, 0.717) is 18.7 Å². The third-order valence-electron chi connectivity index (χ3n) is 3.33. The molecule has 2 aromatic rings. The fourth-order valence-corrected chi connectivity index (χ4v) is 2.04. The highest BCUT2D eigenvalue weighted by atomic mass is 16.6. The van der Waals surface area contributed by atoms with Crippen molar-refractivity contribution in [2.75, 3.05) is 6.61 Å². The van der Waals surface area contributed by atoms with E-state index in [0.717, 1.165) is 5.56 Å². The Hall–Kier alpha value is -2.82. The summed E-state index contributed by atoms with van der Waals surface area (Å²) in [6.07, 6.45) is -0.270. The molecule has 0 fully saturated rings. The molecule has 1 atom stereocenters. The minimum absolute atomic E-state index is 0.319. The van der Waals surface area contributed by atoms with E-state index in [9.17, 15) is 9.59 Å². The maximum atomic E-state index is 12.0. The van der Waals surface area contributed by atoms with Crippen LogP contribution in [0.25, 0.3) is 0 Å². The monoisotopic (exact) mass is 327 g/mol. The van der Waals surface area contributed by atoms with Gasteiger partial charge in [-0.15, -0.1) is 0 Å². The minimum atomic E-state index is -0.727. The number of esters is 1. The minimum Gasteiger partial charge on any atom is -0.479 e. The Morgan fingerprint density at radius 2 is 1.62 bits per heavy atom. The van der Waals surface area contributed by atoms with Gasteiger partial charge in [-0.2, -0.15) is 0 Å².